The van der Waals surface area contributed by atoms with Crippen molar-refractivity contribution in [1.29, 1.82) is 0 Å². The maximum Gasteiger partial charge on any atom is 0.314 e. The highest BCUT2D eigenvalue weighted by Gasteiger charge is 2.00. The topological polar surface area (TPSA) is 41.1 Å². The van der Waals surface area contributed by atoms with E-state index in [1.54, 1.807) is 0 Å². The van der Waals surface area contributed by atoms with E-state index in [-0.39, 0.29) is 6.03 Å². The molecule has 0 atom stereocenters. The molecule has 0 aliphatic heterocycles. The first-order chi connectivity index (χ1) is 8.24. The summed E-state index contributed by atoms with van der Waals surface area (Å²) in [6.45, 7) is 3.41. The Morgan fingerprint density at radius 3 is 2.65 bits per heavy atom. The van der Waals surface area contributed by atoms with E-state index in [9.17, 15) is 4.79 Å². The van der Waals surface area contributed by atoms with Crippen LogP contribution in [0.4, 0.5) is 4.79 Å². The third-order valence-electron chi connectivity index (χ3n) is 2.40. The molecule has 3 nitrogen and oxygen atoms in total. The van der Waals surface area contributed by atoms with Crippen LogP contribution in [-0.2, 0) is 6.42 Å². The normalized spacial score (nSPS) is 10.0. The summed E-state index contributed by atoms with van der Waals surface area (Å²) >= 11 is 6.03. The lowest BCUT2D eigenvalue weighted by molar-refractivity contribution is 0.241. The van der Waals surface area contributed by atoms with Crippen LogP contribution in [0.5, 0.6) is 0 Å². The Kier molecular flexibility index (Phi) is 6.48. The fourth-order valence-corrected chi connectivity index (χ4v) is 1.71. The van der Waals surface area contributed by atoms with Crippen LogP contribution in [0.1, 0.15) is 25.3 Å². The maximum absolute atomic E-state index is 11.2. The van der Waals surface area contributed by atoms with Crippen LogP contribution in [-0.4, -0.2) is 19.1 Å². The highest BCUT2D eigenvalue weighted by molar-refractivity contribution is 6.31. The molecule has 0 saturated carbocycles. The molecule has 0 fully saturated rings. The van der Waals surface area contributed by atoms with E-state index in [0.717, 1.165) is 36.4 Å². The van der Waals surface area contributed by atoms with Gasteiger partial charge in [-0.3, -0.25) is 0 Å². The van der Waals surface area contributed by atoms with Crippen molar-refractivity contribution in [3.63, 3.8) is 0 Å². The summed E-state index contributed by atoms with van der Waals surface area (Å²) in [6, 6.07) is 7.70. The second-order valence-corrected chi connectivity index (χ2v) is 4.28. The molecule has 0 aromatic heterocycles. The predicted molar refractivity (Wildman–Crippen MR) is 71.5 cm³/mol. The van der Waals surface area contributed by atoms with Gasteiger partial charge in [0.1, 0.15) is 0 Å². The quantitative estimate of drug-likeness (QED) is 0.753. The molecule has 0 saturated heterocycles. The van der Waals surface area contributed by atoms with Gasteiger partial charge in [0.2, 0.25) is 0 Å². The summed E-state index contributed by atoms with van der Waals surface area (Å²) < 4.78 is 0. The van der Waals surface area contributed by atoms with Crippen LogP contribution < -0.4 is 10.6 Å². The van der Waals surface area contributed by atoms with E-state index in [1.807, 2.05) is 31.2 Å². The maximum atomic E-state index is 11.2. The fourth-order valence-electron chi connectivity index (χ4n) is 1.48. The van der Waals surface area contributed by atoms with Crippen molar-refractivity contribution in [2.45, 2.75) is 26.2 Å². The lowest BCUT2D eigenvalue weighted by atomic mass is 10.1. The Morgan fingerprint density at radius 1 is 1.24 bits per heavy atom. The number of carbonyl (C=O) groups is 1. The first-order valence-electron chi connectivity index (χ1n) is 5.99. The fraction of sp³-hybridized carbons (Fsp3) is 0.462. The minimum Gasteiger partial charge on any atom is -0.338 e. The largest absolute Gasteiger partial charge is 0.338 e. The standard InChI is InChI=1S/C13H19ClN2O/c1-2-9-15-13(17)16-10-5-7-11-6-3-4-8-12(11)14/h3-4,6,8H,2,5,7,9-10H2,1H3,(H2,15,16,17). The van der Waals surface area contributed by atoms with E-state index in [0.29, 0.717) is 6.54 Å². The Balaban J connectivity index is 2.16. The number of aryl methyl sites for hydroxylation is 1. The Morgan fingerprint density at radius 2 is 1.94 bits per heavy atom. The second-order valence-electron chi connectivity index (χ2n) is 3.88. The Bertz CT molecular complexity index is 355. The lowest BCUT2D eigenvalue weighted by Gasteiger charge is -2.07. The minimum atomic E-state index is -0.0917. The molecule has 0 bridgehead atoms. The van der Waals surface area contributed by atoms with Gasteiger partial charge in [0, 0.05) is 18.1 Å². The van der Waals surface area contributed by atoms with E-state index in [4.69, 9.17) is 11.6 Å². The van der Waals surface area contributed by atoms with Crippen LogP contribution >= 0.6 is 11.6 Å². The third-order valence-corrected chi connectivity index (χ3v) is 2.77. The predicted octanol–water partition coefficient (Wildman–Crippen LogP) is 2.98. The molecule has 2 N–H and O–H groups in total. The van der Waals surface area contributed by atoms with Crippen molar-refractivity contribution in [1.82, 2.24) is 10.6 Å². The second kappa shape index (κ2) is 7.96. The SMILES string of the molecule is CCCNC(=O)NCCCc1ccccc1Cl. The molecule has 1 rings (SSSR count). The zero-order valence-corrected chi connectivity index (χ0v) is 10.9. The number of amides is 2. The average molecular weight is 255 g/mol. The van der Waals surface area contributed by atoms with Crippen LogP contribution in [0.3, 0.4) is 0 Å². The van der Waals surface area contributed by atoms with Gasteiger partial charge in [0.15, 0.2) is 0 Å². The monoisotopic (exact) mass is 254 g/mol. The van der Waals surface area contributed by atoms with E-state index < -0.39 is 0 Å². The van der Waals surface area contributed by atoms with Crippen LogP contribution in [0.2, 0.25) is 5.02 Å². The van der Waals surface area contributed by atoms with Gasteiger partial charge in [-0.1, -0.05) is 36.7 Å². The first-order valence-corrected chi connectivity index (χ1v) is 6.37. The van der Waals surface area contributed by atoms with Crippen molar-refractivity contribution >= 4 is 17.6 Å². The number of urea groups is 1. The van der Waals surface area contributed by atoms with Crippen molar-refractivity contribution in [3.8, 4) is 0 Å². The van der Waals surface area contributed by atoms with E-state index >= 15 is 0 Å². The molecule has 17 heavy (non-hydrogen) atoms. The Labute approximate surface area is 108 Å². The summed E-state index contributed by atoms with van der Waals surface area (Å²) in [5, 5.41) is 6.37. The van der Waals surface area contributed by atoms with E-state index in [1.165, 1.54) is 0 Å². The summed E-state index contributed by atoms with van der Waals surface area (Å²) in [5.74, 6) is 0. The molecule has 0 spiro atoms. The van der Waals surface area contributed by atoms with Gasteiger partial charge in [-0.2, -0.15) is 0 Å². The highest BCUT2D eigenvalue weighted by Crippen LogP contribution is 2.15. The van der Waals surface area contributed by atoms with Gasteiger partial charge >= 0.3 is 6.03 Å². The van der Waals surface area contributed by atoms with Crippen molar-refractivity contribution in [2.75, 3.05) is 13.1 Å². The molecule has 94 valence electrons. The molecule has 1 aromatic carbocycles. The third kappa shape index (κ3) is 5.59. The van der Waals surface area contributed by atoms with Gasteiger partial charge in [0.05, 0.1) is 0 Å². The van der Waals surface area contributed by atoms with Gasteiger partial charge in [-0.25, -0.2) is 4.79 Å². The van der Waals surface area contributed by atoms with Crippen LogP contribution in [0, 0.1) is 0 Å². The van der Waals surface area contributed by atoms with Crippen molar-refractivity contribution < 1.29 is 4.79 Å². The molecular formula is C13H19ClN2O. The van der Waals surface area contributed by atoms with Crippen molar-refractivity contribution in [3.05, 3.63) is 34.9 Å². The molecule has 2 amide bonds. The smallest absolute Gasteiger partial charge is 0.314 e. The molecule has 0 aliphatic rings. The highest BCUT2D eigenvalue weighted by atomic mass is 35.5. The molecule has 0 heterocycles. The summed E-state index contributed by atoms with van der Waals surface area (Å²) in [5.41, 5.74) is 1.13. The van der Waals surface area contributed by atoms with Gasteiger partial charge in [-0.15, -0.1) is 0 Å². The summed E-state index contributed by atoms with van der Waals surface area (Å²) in [4.78, 5) is 11.2. The first kappa shape index (κ1) is 13.8. The number of rotatable bonds is 6. The zero-order valence-electron chi connectivity index (χ0n) is 10.1. The van der Waals surface area contributed by atoms with Gasteiger partial charge in [-0.05, 0) is 30.9 Å². The van der Waals surface area contributed by atoms with Crippen LogP contribution in [0.15, 0.2) is 24.3 Å². The number of hydrogen-bond donors (Lipinski definition) is 2. The number of carbonyl (C=O) groups excluding carboxylic acids is 1. The molecular weight excluding hydrogens is 236 g/mol. The number of benzene rings is 1. The molecule has 0 unspecified atom stereocenters. The van der Waals surface area contributed by atoms with Crippen molar-refractivity contribution in [2.24, 2.45) is 0 Å². The van der Waals surface area contributed by atoms with Gasteiger partial charge in [0.25, 0.3) is 0 Å². The molecule has 0 radical (unpaired) electrons. The van der Waals surface area contributed by atoms with Crippen LogP contribution in [0.25, 0.3) is 0 Å². The minimum absolute atomic E-state index is 0.0917. The molecule has 0 aliphatic carbocycles. The molecule has 1 aromatic rings. The Hall–Kier alpha value is -1.22. The number of hydrogen-bond acceptors (Lipinski definition) is 1. The van der Waals surface area contributed by atoms with E-state index in [2.05, 4.69) is 10.6 Å². The number of halogens is 1. The average Bonchev–Trinajstić information content (AvgIpc) is 2.34. The summed E-state index contributed by atoms with van der Waals surface area (Å²) in [7, 11) is 0. The zero-order chi connectivity index (χ0) is 12.5. The number of nitrogens with one attached hydrogen (secondary N) is 2. The lowest BCUT2D eigenvalue weighted by Crippen LogP contribution is -2.36. The molecule has 4 heteroatoms. The van der Waals surface area contributed by atoms with Gasteiger partial charge < -0.3 is 10.6 Å². The summed E-state index contributed by atoms with van der Waals surface area (Å²) in [6.07, 6.45) is 2.73.